The Bertz CT molecular complexity index is 467. The fourth-order valence-corrected chi connectivity index (χ4v) is 3.24. The molecule has 0 bridgehead atoms. The number of likely N-dealkylation sites (tertiary alicyclic amines) is 1. The standard InChI is InChI=1S/C16H24N2O2S/c1-3-20-12-13-9-10-18(11-13)16(19)17-14-7-5-6-8-15(14)21-4-2/h5-8,13H,3-4,9-12H2,1-2H3,(H,17,19)/t13-/m1/s1. The van der Waals surface area contributed by atoms with Gasteiger partial charge in [-0.3, -0.25) is 0 Å². The number of rotatable bonds is 6. The van der Waals surface area contributed by atoms with Crippen molar-refractivity contribution in [2.75, 3.05) is 37.4 Å². The Hall–Kier alpha value is -1.20. The zero-order valence-corrected chi connectivity index (χ0v) is 13.6. The molecule has 1 N–H and O–H groups in total. The summed E-state index contributed by atoms with van der Waals surface area (Å²) in [7, 11) is 0. The molecule has 1 atom stereocenters. The smallest absolute Gasteiger partial charge is 0.321 e. The Morgan fingerprint density at radius 2 is 2.24 bits per heavy atom. The van der Waals surface area contributed by atoms with Crippen molar-refractivity contribution < 1.29 is 9.53 Å². The average Bonchev–Trinajstić information content (AvgIpc) is 2.96. The van der Waals surface area contributed by atoms with Crippen molar-refractivity contribution in [1.29, 1.82) is 0 Å². The van der Waals surface area contributed by atoms with Gasteiger partial charge in [-0.15, -0.1) is 11.8 Å². The van der Waals surface area contributed by atoms with Gasteiger partial charge in [0.2, 0.25) is 0 Å². The maximum Gasteiger partial charge on any atom is 0.321 e. The van der Waals surface area contributed by atoms with Gasteiger partial charge < -0.3 is 15.0 Å². The highest BCUT2D eigenvalue weighted by Crippen LogP contribution is 2.27. The Labute approximate surface area is 131 Å². The van der Waals surface area contributed by atoms with Crippen LogP contribution in [0, 0.1) is 5.92 Å². The van der Waals surface area contributed by atoms with E-state index in [2.05, 4.69) is 12.2 Å². The van der Waals surface area contributed by atoms with Gasteiger partial charge in [0.05, 0.1) is 12.3 Å². The topological polar surface area (TPSA) is 41.6 Å². The molecule has 2 rings (SSSR count). The number of hydrogen-bond acceptors (Lipinski definition) is 3. The molecule has 1 aromatic carbocycles. The van der Waals surface area contributed by atoms with E-state index in [4.69, 9.17) is 4.74 Å². The number of thioether (sulfide) groups is 1. The summed E-state index contributed by atoms with van der Waals surface area (Å²) >= 11 is 1.74. The van der Waals surface area contributed by atoms with E-state index in [0.717, 1.165) is 49.1 Å². The number of nitrogens with zero attached hydrogens (tertiary/aromatic N) is 1. The van der Waals surface area contributed by atoms with Gasteiger partial charge in [-0.05, 0) is 31.2 Å². The molecule has 116 valence electrons. The molecule has 2 amide bonds. The maximum atomic E-state index is 12.4. The lowest BCUT2D eigenvalue weighted by Gasteiger charge is -2.18. The quantitative estimate of drug-likeness (QED) is 0.815. The Morgan fingerprint density at radius 1 is 1.43 bits per heavy atom. The molecule has 1 fully saturated rings. The molecule has 0 unspecified atom stereocenters. The summed E-state index contributed by atoms with van der Waals surface area (Å²) in [4.78, 5) is 15.4. The van der Waals surface area contributed by atoms with Crippen LogP contribution in [0.15, 0.2) is 29.2 Å². The van der Waals surface area contributed by atoms with Crippen LogP contribution in [0.4, 0.5) is 10.5 Å². The minimum absolute atomic E-state index is 0.00171. The first kappa shape index (κ1) is 16.2. The van der Waals surface area contributed by atoms with Gasteiger partial charge in [-0.1, -0.05) is 19.1 Å². The number of anilines is 1. The van der Waals surface area contributed by atoms with Crippen molar-refractivity contribution in [3.63, 3.8) is 0 Å². The average molecular weight is 308 g/mol. The second kappa shape index (κ2) is 8.29. The first-order valence-electron chi connectivity index (χ1n) is 7.60. The molecule has 0 saturated carbocycles. The van der Waals surface area contributed by atoms with Gasteiger partial charge in [0, 0.05) is 30.5 Å². The number of amides is 2. The maximum absolute atomic E-state index is 12.4. The number of carbonyl (C=O) groups excluding carboxylic acids is 1. The van der Waals surface area contributed by atoms with Gasteiger partial charge in [0.25, 0.3) is 0 Å². The number of hydrogen-bond donors (Lipinski definition) is 1. The van der Waals surface area contributed by atoms with Gasteiger partial charge >= 0.3 is 6.03 Å². The molecule has 1 heterocycles. The second-order valence-corrected chi connectivity index (χ2v) is 6.43. The van der Waals surface area contributed by atoms with E-state index in [0.29, 0.717) is 5.92 Å². The molecule has 4 nitrogen and oxygen atoms in total. The SMILES string of the molecule is CCOC[C@@H]1CCN(C(=O)Nc2ccccc2SCC)C1. The normalized spacial score (nSPS) is 18.0. The third kappa shape index (κ3) is 4.64. The summed E-state index contributed by atoms with van der Waals surface area (Å²) in [6.45, 7) is 7.21. The molecular formula is C16H24N2O2S. The number of carbonyl (C=O) groups is 1. The first-order chi connectivity index (χ1) is 10.2. The van der Waals surface area contributed by atoms with E-state index in [9.17, 15) is 4.79 Å². The molecule has 5 heteroatoms. The van der Waals surface area contributed by atoms with Crippen LogP contribution in [0.2, 0.25) is 0 Å². The molecule has 1 saturated heterocycles. The summed E-state index contributed by atoms with van der Waals surface area (Å²) in [5.41, 5.74) is 0.905. The van der Waals surface area contributed by atoms with Crippen LogP contribution in [-0.2, 0) is 4.74 Å². The predicted octanol–water partition coefficient (Wildman–Crippen LogP) is 3.69. The van der Waals surface area contributed by atoms with Crippen molar-refractivity contribution in [3.05, 3.63) is 24.3 Å². The van der Waals surface area contributed by atoms with E-state index in [1.54, 1.807) is 11.8 Å². The van der Waals surface area contributed by atoms with Gasteiger partial charge in [0.15, 0.2) is 0 Å². The van der Waals surface area contributed by atoms with Gasteiger partial charge in [-0.25, -0.2) is 4.79 Å². The van der Waals surface area contributed by atoms with Gasteiger partial charge in [-0.2, -0.15) is 0 Å². The van der Waals surface area contributed by atoms with Crippen LogP contribution >= 0.6 is 11.8 Å². The molecule has 0 spiro atoms. The minimum atomic E-state index is -0.00171. The zero-order chi connectivity index (χ0) is 15.1. The van der Waals surface area contributed by atoms with E-state index in [1.807, 2.05) is 36.1 Å². The summed E-state index contributed by atoms with van der Waals surface area (Å²) in [5.74, 6) is 1.46. The largest absolute Gasteiger partial charge is 0.381 e. The lowest BCUT2D eigenvalue weighted by molar-refractivity contribution is 0.113. The van der Waals surface area contributed by atoms with Crippen LogP contribution in [0.25, 0.3) is 0 Å². The number of para-hydroxylation sites is 1. The zero-order valence-electron chi connectivity index (χ0n) is 12.8. The van der Waals surface area contributed by atoms with Crippen LogP contribution in [-0.4, -0.2) is 43.0 Å². The van der Waals surface area contributed by atoms with E-state index in [1.165, 1.54) is 0 Å². The van der Waals surface area contributed by atoms with E-state index < -0.39 is 0 Å². The second-order valence-electron chi connectivity index (χ2n) is 5.12. The fourth-order valence-electron chi connectivity index (χ4n) is 2.48. The summed E-state index contributed by atoms with van der Waals surface area (Å²) in [6.07, 6.45) is 1.03. The number of ether oxygens (including phenoxy) is 1. The predicted molar refractivity (Wildman–Crippen MR) is 88.0 cm³/mol. The highest BCUT2D eigenvalue weighted by Gasteiger charge is 2.26. The molecule has 0 radical (unpaired) electrons. The Balaban J connectivity index is 1.90. The van der Waals surface area contributed by atoms with Crippen molar-refractivity contribution in [2.45, 2.75) is 25.2 Å². The highest BCUT2D eigenvalue weighted by molar-refractivity contribution is 7.99. The third-order valence-electron chi connectivity index (χ3n) is 3.56. The van der Waals surface area contributed by atoms with Crippen molar-refractivity contribution in [3.8, 4) is 0 Å². The molecular weight excluding hydrogens is 284 g/mol. The molecule has 1 aliphatic rings. The van der Waals surface area contributed by atoms with E-state index in [-0.39, 0.29) is 6.03 Å². The fraction of sp³-hybridized carbons (Fsp3) is 0.562. The number of nitrogens with one attached hydrogen (secondary N) is 1. The number of urea groups is 1. The van der Waals surface area contributed by atoms with Crippen molar-refractivity contribution in [2.24, 2.45) is 5.92 Å². The Kier molecular flexibility index (Phi) is 6.39. The molecule has 0 aromatic heterocycles. The third-order valence-corrected chi connectivity index (χ3v) is 4.51. The Morgan fingerprint density at radius 3 is 3.00 bits per heavy atom. The van der Waals surface area contributed by atoms with Crippen LogP contribution in [0.5, 0.6) is 0 Å². The molecule has 0 aliphatic carbocycles. The van der Waals surface area contributed by atoms with Crippen LogP contribution in [0.3, 0.4) is 0 Å². The van der Waals surface area contributed by atoms with Crippen LogP contribution in [0.1, 0.15) is 20.3 Å². The van der Waals surface area contributed by atoms with E-state index >= 15 is 0 Å². The monoisotopic (exact) mass is 308 g/mol. The molecule has 1 aliphatic heterocycles. The molecule has 21 heavy (non-hydrogen) atoms. The minimum Gasteiger partial charge on any atom is -0.381 e. The summed E-state index contributed by atoms with van der Waals surface area (Å²) in [6, 6.07) is 7.96. The highest BCUT2D eigenvalue weighted by atomic mass is 32.2. The van der Waals surface area contributed by atoms with Crippen molar-refractivity contribution in [1.82, 2.24) is 4.90 Å². The molecule has 1 aromatic rings. The number of benzene rings is 1. The summed E-state index contributed by atoms with van der Waals surface area (Å²) in [5, 5.41) is 3.04. The lowest BCUT2D eigenvalue weighted by Crippen LogP contribution is -2.33. The first-order valence-corrected chi connectivity index (χ1v) is 8.58. The van der Waals surface area contributed by atoms with Crippen LogP contribution < -0.4 is 5.32 Å². The lowest BCUT2D eigenvalue weighted by atomic mass is 10.1. The van der Waals surface area contributed by atoms with Gasteiger partial charge in [0.1, 0.15) is 0 Å². The van der Waals surface area contributed by atoms with Crippen molar-refractivity contribution >= 4 is 23.5 Å². The summed E-state index contributed by atoms with van der Waals surface area (Å²) < 4.78 is 5.45.